The number of benzene rings is 4. The average Bonchev–Trinajstić information content (AvgIpc) is 3.42. The van der Waals surface area contributed by atoms with Gasteiger partial charge < -0.3 is 25.2 Å². The molecule has 2 amide bonds. The summed E-state index contributed by atoms with van der Waals surface area (Å²) < 4.78 is 46.1. The number of esters is 1. The maximum Gasteiger partial charge on any atom is 0.416 e. The first-order chi connectivity index (χ1) is 23.3. The largest absolute Gasteiger partial charge is 0.494 e. The van der Waals surface area contributed by atoms with Gasteiger partial charge in [0.2, 0.25) is 0 Å². The van der Waals surface area contributed by atoms with Gasteiger partial charge in [0, 0.05) is 31.8 Å². The highest BCUT2D eigenvalue weighted by Gasteiger charge is 2.30. The molecular weight excluding hydrogens is 639 g/mol. The van der Waals surface area contributed by atoms with Crippen molar-refractivity contribution in [2.45, 2.75) is 18.6 Å². The van der Waals surface area contributed by atoms with Crippen LogP contribution in [0, 0.1) is 0 Å². The molecule has 4 aromatic carbocycles. The fraction of sp³-hybridized carbons (Fsp3) is 0.162. The molecule has 3 N–H and O–H groups in total. The average molecular weight is 672 g/mol. The van der Waals surface area contributed by atoms with Crippen LogP contribution in [-0.2, 0) is 22.1 Å². The van der Waals surface area contributed by atoms with Gasteiger partial charge in [-0.2, -0.15) is 13.2 Å². The van der Waals surface area contributed by atoms with Crippen LogP contribution in [-0.4, -0.2) is 58.2 Å². The SMILES string of the molecule is CN(C)C(=O)c1cc(CC(=O)OC[C@H](c2ccccc2)n2c(O)ccc2O)ccc1NC(=O)c1ccccc1-c1ccc(C(F)(F)F)cc1. The highest BCUT2D eigenvalue weighted by atomic mass is 19.4. The molecule has 1 atom stereocenters. The molecule has 0 aliphatic heterocycles. The number of anilines is 1. The van der Waals surface area contributed by atoms with E-state index in [4.69, 9.17) is 4.74 Å². The lowest BCUT2D eigenvalue weighted by atomic mass is 9.97. The van der Waals surface area contributed by atoms with Gasteiger partial charge in [0.05, 0.1) is 29.3 Å². The predicted octanol–water partition coefficient (Wildman–Crippen LogP) is 6.91. The van der Waals surface area contributed by atoms with Crippen molar-refractivity contribution in [3.63, 3.8) is 0 Å². The molecule has 0 aliphatic rings. The number of rotatable bonds is 10. The summed E-state index contributed by atoms with van der Waals surface area (Å²) in [7, 11) is 3.06. The molecule has 252 valence electrons. The number of hydrogen-bond donors (Lipinski definition) is 3. The van der Waals surface area contributed by atoms with Gasteiger partial charge >= 0.3 is 12.1 Å². The van der Waals surface area contributed by atoms with Crippen molar-refractivity contribution in [1.29, 1.82) is 0 Å². The van der Waals surface area contributed by atoms with Gasteiger partial charge in [-0.15, -0.1) is 0 Å². The number of carbonyl (C=O) groups is 3. The van der Waals surface area contributed by atoms with Crippen LogP contribution in [0.3, 0.4) is 0 Å². The second kappa shape index (κ2) is 14.4. The highest BCUT2D eigenvalue weighted by molar-refractivity contribution is 6.11. The molecular formula is C37H32F3N3O6. The number of carbonyl (C=O) groups excluding carboxylic acids is 3. The van der Waals surface area contributed by atoms with Crippen LogP contribution in [0.25, 0.3) is 11.1 Å². The molecule has 0 bridgehead atoms. The quantitative estimate of drug-likeness (QED) is 0.139. The van der Waals surface area contributed by atoms with Gasteiger partial charge in [-0.1, -0.05) is 66.7 Å². The molecule has 0 aliphatic carbocycles. The summed E-state index contributed by atoms with van der Waals surface area (Å²) in [4.78, 5) is 41.1. The third-order valence-corrected chi connectivity index (χ3v) is 7.79. The molecule has 12 heteroatoms. The molecule has 5 aromatic rings. The van der Waals surface area contributed by atoms with Crippen LogP contribution in [0.2, 0.25) is 0 Å². The van der Waals surface area contributed by atoms with Crippen LogP contribution in [0.15, 0.2) is 109 Å². The van der Waals surface area contributed by atoms with Crippen molar-refractivity contribution in [1.82, 2.24) is 9.47 Å². The fourth-order valence-electron chi connectivity index (χ4n) is 5.32. The standard InChI is InChI=1S/C37H32F3N3O6/c1-42(2)36(48)29-20-23(21-34(46)49-22-31(25-8-4-3-5-9-25)43-32(44)18-19-33(43)45)12-17-30(29)41-35(47)28-11-7-6-10-27(28)24-13-15-26(16-14-24)37(38,39)40/h3-20,31,44-45H,21-22H2,1-2H3,(H,41,47)/t31-/m1/s1. The second-order valence-corrected chi connectivity index (χ2v) is 11.4. The lowest BCUT2D eigenvalue weighted by molar-refractivity contribution is -0.143. The van der Waals surface area contributed by atoms with E-state index >= 15 is 0 Å². The molecule has 0 fully saturated rings. The van der Waals surface area contributed by atoms with E-state index in [2.05, 4.69) is 5.32 Å². The molecule has 1 heterocycles. The number of nitrogens with one attached hydrogen (secondary N) is 1. The summed E-state index contributed by atoms with van der Waals surface area (Å²) in [6.45, 7) is -0.214. The Balaban J connectivity index is 1.35. The zero-order valence-electron chi connectivity index (χ0n) is 26.4. The van der Waals surface area contributed by atoms with Gasteiger partial charge in [-0.3, -0.25) is 19.0 Å². The molecule has 0 saturated heterocycles. The van der Waals surface area contributed by atoms with Crippen LogP contribution >= 0.6 is 0 Å². The molecule has 1 aromatic heterocycles. The number of aromatic nitrogens is 1. The van der Waals surface area contributed by atoms with E-state index < -0.39 is 35.6 Å². The van der Waals surface area contributed by atoms with E-state index in [0.29, 0.717) is 22.3 Å². The molecule has 9 nitrogen and oxygen atoms in total. The van der Waals surface area contributed by atoms with E-state index in [1.807, 2.05) is 0 Å². The van der Waals surface area contributed by atoms with Crippen molar-refractivity contribution in [3.8, 4) is 22.9 Å². The van der Waals surface area contributed by atoms with Crippen LogP contribution < -0.4 is 5.32 Å². The zero-order valence-corrected chi connectivity index (χ0v) is 26.4. The topological polar surface area (TPSA) is 121 Å². The summed E-state index contributed by atoms with van der Waals surface area (Å²) in [5.74, 6) is -2.12. The maximum absolute atomic E-state index is 13.5. The molecule has 49 heavy (non-hydrogen) atoms. The minimum absolute atomic E-state index is 0.0972. The summed E-state index contributed by atoms with van der Waals surface area (Å²) in [6.07, 6.45) is -4.74. The van der Waals surface area contributed by atoms with Gasteiger partial charge in [-0.25, -0.2) is 0 Å². The van der Waals surface area contributed by atoms with E-state index in [1.165, 1.54) is 66.0 Å². The Bertz CT molecular complexity index is 1950. The predicted molar refractivity (Wildman–Crippen MR) is 176 cm³/mol. The Morgan fingerprint density at radius 1 is 0.816 bits per heavy atom. The molecule has 0 spiro atoms. The number of aromatic hydroxyl groups is 2. The summed E-state index contributed by atoms with van der Waals surface area (Å²) in [6, 6.07) is 26.2. The molecule has 0 unspecified atom stereocenters. The highest BCUT2D eigenvalue weighted by Crippen LogP contribution is 2.33. The van der Waals surface area contributed by atoms with Crippen molar-refractivity contribution in [3.05, 3.63) is 137 Å². The van der Waals surface area contributed by atoms with E-state index in [9.17, 15) is 37.8 Å². The Labute approximate surface area is 279 Å². The minimum Gasteiger partial charge on any atom is -0.494 e. The molecule has 5 rings (SSSR count). The van der Waals surface area contributed by atoms with Gasteiger partial charge in [0.1, 0.15) is 6.61 Å². The van der Waals surface area contributed by atoms with Gasteiger partial charge in [0.25, 0.3) is 11.8 Å². The van der Waals surface area contributed by atoms with E-state index in [-0.39, 0.29) is 41.6 Å². The maximum atomic E-state index is 13.5. The first kappa shape index (κ1) is 34.3. The fourth-order valence-corrected chi connectivity index (χ4v) is 5.32. The first-order valence-electron chi connectivity index (χ1n) is 15.1. The minimum atomic E-state index is -4.50. The molecule has 0 radical (unpaired) electrons. The van der Waals surface area contributed by atoms with Crippen LogP contribution in [0.5, 0.6) is 11.8 Å². The first-order valence-corrected chi connectivity index (χ1v) is 15.1. The summed E-state index contributed by atoms with van der Waals surface area (Å²) in [5, 5.41) is 23.4. The number of halogens is 3. The van der Waals surface area contributed by atoms with Crippen molar-refractivity contribution < 1.29 is 42.5 Å². The Hall–Kier alpha value is -6.04. The zero-order chi connectivity index (χ0) is 35.3. The summed E-state index contributed by atoms with van der Waals surface area (Å²) in [5.41, 5.74) is 1.50. The smallest absolute Gasteiger partial charge is 0.416 e. The monoisotopic (exact) mass is 671 g/mol. The lowest BCUT2D eigenvalue weighted by Crippen LogP contribution is -2.25. The van der Waals surface area contributed by atoms with Crippen LogP contribution in [0.4, 0.5) is 18.9 Å². The second-order valence-electron chi connectivity index (χ2n) is 11.4. The van der Waals surface area contributed by atoms with Gasteiger partial charge in [-0.05, 0) is 52.6 Å². The lowest BCUT2D eigenvalue weighted by Gasteiger charge is -2.21. The number of amides is 2. The van der Waals surface area contributed by atoms with Crippen molar-refractivity contribution >= 4 is 23.5 Å². The number of nitrogens with zero attached hydrogens (tertiary/aromatic N) is 2. The van der Waals surface area contributed by atoms with Crippen molar-refractivity contribution in [2.75, 3.05) is 26.0 Å². The van der Waals surface area contributed by atoms with E-state index in [0.717, 1.165) is 12.1 Å². The number of ether oxygens (including phenoxy) is 1. The Morgan fingerprint density at radius 3 is 2.08 bits per heavy atom. The van der Waals surface area contributed by atoms with Gasteiger partial charge in [0.15, 0.2) is 11.8 Å². The third-order valence-electron chi connectivity index (χ3n) is 7.79. The Morgan fingerprint density at radius 2 is 1.45 bits per heavy atom. The van der Waals surface area contributed by atoms with E-state index in [1.54, 1.807) is 54.6 Å². The molecule has 0 saturated carbocycles. The number of alkyl halides is 3. The normalized spacial score (nSPS) is 11.9. The third kappa shape index (κ3) is 7.92. The summed E-state index contributed by atoms with van der Waals surface area (Å²) >= 11 is 0. The number of hydrogen-bond acceptors (Lipinski definition) is 6. The Kier molecular flexibility index (Phi) is 10.1. The van der Waals surface area contributed by atoms with Crippen molar-refractivity contribution in [2.24, 2.45) is 0 Å². The van der Waals surface area contributed by atoms with Crippen LogP contribution in [0.1, 0.15) is 43.4 Å².